The summed E-state index contributed by atoms with van der Waals surface area (Å²) in [5, 5.41) is 19.2. The number of benzene rings is 3. The third-order valence-corrected chi connectivity index (χ3v) is 5.07. The minimum Gasteiger partial charge on any atom is -0.493 e. The normalized spacial score (nSPS) is 11.6. The number of carboxylic acids is 1. The fourth-order valence-electron chi connectivity index (χ4n) is 3.38. The van der Waals surface area contributed by atoms with Crippen LogP contribution in [-0.4, -0.2) is 22.7 Å². The number of rotatable bonds is 8. The molecule has 4 rings (SSSR count). The number of aromatic nitrogens is 1. The van der Waals surface area contributed by atoms with E-state index in [1.54, 1.807) is 30.3 Å². The van der Waals surface area contributed by atoms with Crippen molar-refractivity contribution in [2.24, 2.45) is 0 Å². The molecule has 0 saturated heterocycles. The molecule has 1 heterocycles. The lowest BCUT2D eigenvalue weighted by Crippen LogP contribution is -2.19. The van der Waals surface area contributed by atoms with Crippen molar-refractivity contribution in [2.45, 2.75) is 19.4 Å². The molecule has 1 atom stereocenters. The minimum absolute atomic E-state index is 0.157. The third kappa shape index (κ3) is 4.55. The summed E-state index contributed by atoms with van der Waals surface area (Å²) >= 11 is 0. The zero-order valence-electron chi connectivity index (χ0n) is 17.3. The molecule has 0 aliphatic carbocycles. The highest BCUT2D eigenvalue weighted by molar-refractivity contribution is 5.75. The Labute approximate surface area is 184 Å². The van der Waals surface area contributed by atoms with E-state index in [9.17, 15) is 15.2 Å². The van der Waals surface area contributed by atoms with Crippen LogP contribution in [0.1, 0.15) is 28.4 Å². The number of aliphatic carboxylic acids is 1. The van der Waals surface area contributed by atoms with E-state index in [2.05, 4.69) is 4.98 Å². The molecule has 4 aromatic rings. The van der Waals surface area contributed by atoms with E-state index in [0.29, 0.717) is 24.3 Å². The summed E-state index contributed by atoms with van der Waals surface area (Å²) in [5.41, 5.74) is 4.10. The molecule has 0 saturated carbocycles. The van der Waals surface area contributed by atoms with Crippen LogP contribution in [0.15, 0.2) is 71.5 Å². The molecule has 0 fully saturated rings. The second-order valence-corrected chi connectivity index (χ2v) is 7.22. The van der Waals surface area contributed by atoms with E-state index in [1.807, 2.05) is 43.3 Å². The molecule has 3 aromatic carbocycles. The number of carbonyl (C=O) groups is 1. The van der Waals surface area contributed by atoms with E-state index >= 15 is 0 Å². The van der Waals surface area contributed by atoms with Gasteiger partial charge in [0.05, 0.1) is 12.2 Å². The summed E-state index contributed by atoms with van der Waals surface area (Å²) in [6.07, 6.45) is 0.803. The van der Waals surface area contributed by atoms with Crippen molar-refractivity contribution in [1.82, 2.24) is 4.98 Å². The maximum absolute atomic E-state index is 11.9. The van der Waals surface area contributed by atoms with E-state index < -0.39 is 12.1 Å². The molecule has 1 N–H and O–H groups in total. The van der Waals surface area contributed by atoms with Gasteiger partial charge in [-0.2, -0.15) is 5.26 Å². The van der Waals surface area contributed by atoms with E-state index in [-0.39, 0.29) is 11.3 Å². The number of hydrogen-bond donors (Lipinski definition) is 1. The summed E-state index contributed by atoms with van der Waals surface area (Å²) < 4.78 is 16.9. The molecule has 0 amide bonds. The molecule has 1 unspecified atom stereocenters. The number of fused-ring (bicyclic) bond motifs is 1. The second kappa shape index (κ2) is 9.23. The molecule has 7 heteroatoms. The van der Waals surface area contributed by atoms with Crippen molar-refractivity contribution in [1.29, 1.82) is 5.26 Å². The molecule has 0 bridgehead atoms. The second-order valence-electron chi connectivity index (χ2n) is 7.22. The van der Waals surface area contributed by atoms with E-state index in [1.165, 1.54) is 6.39 Å². The fourth-order valence-corrected chi connectivity index (χ4v) is 3.38. The van der Waals surface area contributed by atoms with Crippen molar-refractivity contribution >= 4 is 17.1 Å². The predicted octanol–water partition coefficient (Wildman–Crippen LogP) is 4.83. The molecular formula is C25H20N2O5. The van der Waals surface area contributed by atoms with Crippen molar-refractivity contribution < 1.29 is 23.8 Å². The third-order valence-electron chi connectivity index (χ3n) is 5.07. The predicted molar refractivity (Wildman–Crippen MR) is 117 cm³/mol. The minimum atomic E-state index is -1.24. The number of oxazole rings is 1. The van der Waals surface area contributed by atoms with E-state index in [0.717, 1.165) is 22.2 Å². The highest BCUT2D eigenvalue weighted by Crippen LogP contribution is 2.30. The fraction of sp³-hybridized carbons (Fsp3) is 0.160. The quantitative estimate of drug-likeness (QED) is 0.428. The van der Waals surface area contributed by atoms with Gasteiger partial charge in [0.1, 0.15) is 23.1 Å². The van der Waals surface area contributed by atoms with Gasteiger partial charge in [0.2, 0.25) is 6.10 Å². The highest BCUT2D eigenvalue weighted by atomic mass is 16.5. The topological polar surface area (TPSA) is 106 Å². The molecule has 0 radical (unpaired) electrons. The Hall–Kier alpha value is -4.31. The zero-order chi connectivity index (χ0) is 22.5. The first kappa shape index (κ1) is 20.9. The van der Waals surface area contributed by atoms with Crippen LogP contribution in [0, 0.1) is 18.3 Å². The smallest absolute Gasteiger partial charge is 0.349 e. The van der Waals surface area contributed by atoms with Crippen LogP contribution in [0.3, 0.4) is 0 Å². The van der Waals surface area contributed by atoms with Gasteiger partial charge in [0.15, 0.2) is 12.0 Å². The summed E-state index contributed by atoms with van der Waals surface area (Å²) in [6, 6.07) is 19.7. The van der Waals surface area contributed by atoms with Crippen molar-refractivity contribution in [3.8, 4) is 17.6 Å². The van der Waals surface area contributed by atoms with Gasteiger partial charge < -0.3 is 19.0 Å². The monoisotopic (exact) mass is 428 g/mol. The van der Waals surface area contributed by atoms with Gasteiger partial charge in [-0.3, -0.25) is 0 Å². The Morgan fingerprint density at radius 1 is 1.19 bits per heavy atom. The van der Waals surface area contributed by atoms with E-state index in [4.69, 9.17) is 13.9 Å². The summed E-state index contributed by atoms with van der Waals surface area (Å²) in [6.45, 7) is 2.20. The first-order chi connectivity index (χ1) is 15.5. The number of ether oxygens (including phenoxy) is 2. The van der Waals surface area contributed by atoms with Gasteiger partial charge in [-0.05, 0) is 42.3 Å². The molecule has 1 aromatic heterocycles. The largest absolute Gasteiger partial charge is 0.493 e. The maximum atomic E-state index is 11.9. The van der Waals surface area contributed by atoms with Crippen molar-refractivity contribution in [3.63, 3.8) is 0 Å². The van der Waals surface area contributed by atoms with Crippen LogP contribution >= 0.6 is 0 Å². The van der Waals surface area contributed by atoms with Crippen LogP contribution in [0.2, 0.25) is 0 Å². The Balaban J connectivity index is 1.49. The maximum Gasteiger partial charge on any atom is 0.349 e. The lowest BCUT2D eigenvalue weighted by atomic mass is 10.0. The van der Waals surface area contributed by atoms with Crippen LogP contribution in [0.4, 0.5) is 0 Å². The van der Waals surface area contributed by atoms with Crippen LogP contribution in [0.5, 0.6) is 11.5 Å². The Morgan fingerprint density at radius 2 is 2.03 bits per heavy atom. The number of aryl methyl sites for hydroxylation is 1. The van der Waals surface area contributed by atoms with Crippen LogP contribution in [-0.2, 0) is 11.2 Å². The Bertz CT molecular complexity index is 1310. The van der Waals surface area contributed by atoms with Gasteiger partial charge in [-0.25, -0.2) is 9.78 Å². The van der Waals surface area contributed by atoms with Gasteiger partial charge in [0.25, 0.3) is 0 Å². The molecule has 7 nitrogen and oxygen atoms in total. The highest BCUT2D eigenvalue weighted by Gasteiger charge is 2.25. The zero-order valence-corrected chi connectivity index (χ0v) is 17.3. The Kier molecular flexibility index (Phi) is 6.04. The number of carboxylic acid groups (broad SMARTS) is 1. The first-order valence-corrected chi connectivity index (χ1v) is 9.99. The van der Waals surface area contributed by atoms with Crippen LogP contribution in [0.25, 0.3) is 11.1 Å². The molecular weight excluding hydrogens is 408 g/mol. The number of nitrogens with zero attached hydrogens (tertiary/aromatic N) is 2. The standard InChI is InChI=1S/C25H20N2O5/c1-16-4-2-3-5-20(16)24(25(28)29)32-23-13-19(8-7-18(23)14-26)30-11-10-17-6-9-22-21(12-17)27-15-31-22/h2-9,12-13,15,24H,10-11H2,1H3,(H,28,29). The van der Waals surface area contributed by atoms with Gasteiger partial charge in [-0.1, -0.05) is 30.3 Å². The SMILES string of the molecule is Cc1ccccc1C(Oc1cc(OCCc2ccc3ocnc3c2)ccc1C#N)C(=O)O. The molecule has 160 valence electrons. The first-order valence-electron chi connectivity index (χ1n) is 9.99. The lowest BCUT2D eigenvalue weighted by molar-refractivity contribution is -0.145. The Morgan fingerprint density at radius 3 is 2.81 bits per heavy atom. The molecule has 0 spiro atoms. The average Bonchev–Trinajstić information content (AvgIpc) is 3.26. The van der Waals surface area contributed by atoms with Crippen molar-refractivity contribution in [3.05, 3.63) is 89.3 Å². The summed E-state index contributed by atoms with van der Waals surface area (Å²) in [4.78, 5) is 16.0. The van der Waals surface area contributed by atoms with Gasteiger partial charge in [-0.15, -0.1) is 0 Å². The van der Waals surface area contributed by atoms with Gasteiger partial charge in [0, 0.05) is 18.1 Å². The van der Waals surface area contributed by atoms with Gasteiger partial charge >= 0.3 is 5.97 Å². The van der Waals surface area contributed by atoms with Crippen molar-refractivity contribution in [2.75, 3.05) is 6.61 Å². The summed E-state index contributed by atoms with van der Waals surface area (Å²) in [7, 11) is 0. The number of nitriles is 1. The molecule has 32 heavy (non-hydrogen) atoms. The molecule has 0 aliphatic rings. The summed E-state index contributed by atoms with van der Waals surface area (Å²) in [5.74, 6) is -0.502. The van der Waals surface area contributed by atoms with Crippen LogP contribution < -0.4 is 9.47 Å². The molecule has 0 aliphatic heterocycles. The number of hydrogen-bond acceptors (Lipinski definition) is 6. The average molecular weight is 428 g/mol. The lowest BCUT2D eigenvalue weighted by Gasteiger charge is -2.19.